The zero-order valence-electron chi connectivity index (χ0n) is 16.7. The number of amides is 1. The van der Waals surface area contributed by atoms with Crippen LogP contribution in [0.25, 0.3) is 11.0 Å². The van der Waals surface area contributed by atoms with E-state index in [1.54, 1.807) is 11.3 Å². The van der Waals surface area contributed by atoms with Gasteiger partial charge in [0.25, 0.3) is 0 Å². The maximum absolute atomic E-state index is 12.7. The molecule has 0 saturated heterocycles. The fourth-order valence-corrected chi connectivity index (χ4v) is 4.13. The molecular weight excluding hydrogens is 356 g/mol. The topological polar surface area (TPSA) is 59.8 Å². The van der Waals surface area contributed by atoms with Gasteiger partial charge in [-0.05, 0) is 19.1 Å². The molecule has 0 spiro atoms. The maximum atomic E-state index is 12.7. The monoisotopic (exact) mass is 384 g/mol. The number of aromatic nitrogens is 3. The standard InChI is InChI=1S/C21H28N4OS/c1-6-18-23-15-9-7-8-10-16(15)25(18)14(2)20(26)22-12-11-19-24-17(13-27-19)21(3,4)5/h7-10,13-14H,6,11-12H2,1-5H3,(H,22,26)/t14-/m1/s1. The van der Waals surface area contributed by atoms with Crippen molar-refractivity contribution in [1.82, 2.24) is 19.9 Å². The third-order valence-electron chi connectivity index (χ3n) is 4.71. The molecule has 1 amide bonds. The minimum atomic E-state index is -0.297. The van der Waals surface area contributed by atoms with Gasteiger partial charge in [0, 0.05) is 30.2 Å². The van der Waals surface area contributed by atoms with Crippen molar-refractivity contribution < 1.29 is 4.79 Å². The summed E-state index contributed by atoms with van der Waals surface area (Å²) in [6.07, 6.45) is 1.55. The number of benzene rings is 1. The number of carbonyl (C=O) groups excluding carboxylic acids is 1. The predicted molar refractivity (Wildman–Crippen MR) is 111 cm³/mol. The summed E-state index contributed by atoms with van der Waals surface area (Å²) in [7, 11) is 0. The van der Waals surface area contributed by atoms with Crippen LogP contribution in [-0.4, -0.2) is 27.0 Å². The average Bonchev–Trinajstić information content (AvgIpc) is 3.25. The Bertz CT molecular complexity index is 935. The van der Waals surface area contributed by atoms with Crippen LogP contribution in [0.15, 0.2) is 29.6 Å². The molecule has 0 unspecified atom stereocenters. The van der Waals surface area contributed by atoms with Gasteiger partial charge in [-0.3, -0.25) is 4.79 Å². The summed E-state index contributed by atoms with van der Waals surface area (Å²) in [6.45, 7) is 11.1. The van der Waals surface area contributed by atoms with Gasteiger partial charge in [-0.15, -0.1) is 11.3 Å². The van der Waals surface area contributed by atoms with Crippen molar-refractivity contribution in [2.24, 2.45) is 0 Å². The minimum absolute atomic E-state index is 0.0143. The van der Waals surface area contributed by atoms with Crippen LogP contribution in [0.4, 0.5) is 0 Å². The molecule has 144 valence electrons. The molecule has 6 heteroatoms. The fourth-order valence-electron chi connectivity index (χ4n) is 3.10. The summed E-state index contributed by atoms with van der Waals surface area (Å²) in [4.78, 5) is 22.1. The van der Waals surface area contributed by atoms with Crippen LogP contribution in [0, 0.1) is 0 Å². The van der Waals surface area contributed by atoms with E-state index >= 15 is 0 Å². The number of aryl methyl sites for hydroxylation is 1. The summed E-state index contributed by atoms with van der Waals surface area (Å²) in [5.41, 5.74) is 3.11. The molecule has 0 aliphatic rings. The fraction of sp³-hybridized carbons (Fsp3) is 0.476. The lowest BCUT2D eigenvalue weighted by Gasteiger charge is -2.17. The lowest BCUT2D eigenvalue weighted by atomic mass is 9.93. The summed E-state index contributed by atoms with van der Waals surface area (Å²) in [5, 5.41) is 6.24. The quantitative estimate of drug-likeness (QED) is 0.690. The van der Waals surface area contributed by atoms with E-state index in [-0.39, 0.29) is 17.4 Å². The first-order valence-electron chi connectivity index (χ1n) is 9.49. The highest BCUT2D eigenvalue weighted by molar-refractivity contribution is 7.09. The molecule has 3 rings (SSSR count). The van der Waals surface area contributed by atoms with Gasteiger partial charge < -0.3 is 9.88 Å². The highest BCUT2D eigenvalue weighted by atomic mass is 32.1. The van der Waals surface area contributed by atoms with Gasteiger partial charge in [0.2, 0.25) is 5.91 Å². The third kappa shape index (κ3) is 4.21. The van der Waals surface area contributed by atoms with Crippen molar-refractivity contribution in [3.63, 3.8) is 0 Å². The number of fused-ring (bicyclic) bond motifs is 1. The maximum Gasteiger partial charge on any atom is 0.242 e. The van der Waals surface area contributed by atoms with E-state index in [0.717, 1.165) is 40.4 Å². The van der Waals surface area contributed by atoms with Gasteiger partial charge in [0.1, 0.15) is 11.9 Å². The zero-order valence-corrected chi connectivity index (χ0v) is 17.6. The molecule has 27 heavy (non-hydrogen) atoms. The molecule has 0 aliphatic carbocycles. The number of rotatable bonds is 6. The molecular formula is C21H28N4OS. The first kappa shape index (κ1) is 19.5. The number of carbonyl (C=O) groups is 1. The highest BCUT2D eigenvalue weighted by Gasteiger charge is 2.21. The molecule has 0 bridgehead atoms. The zero-order chi connectivity index (χ0) is 19.6. The van der Waals surface area contributed by atoms with E-state index in [0.29, 0.717) is 6.54 Å². The number of hydrogen-bond donors (Lipinski definition) is 1. The smallest absolute Gasteiger partial charge is 0.242 e. The second kappa shape index (κ2) is 7.80. The number of nitrogens with one attached hydrogen (secondary N) is 1. The van der Waals surface area contributed by atoms with E-state index in [1.165, 1.54) is 0 Å². The van der Waals surface area contributed by atoms with Crippen molar-refractivity contribution in [3.8, 4) is 0 Å². The Hall–Kier alpha value is -2.21. The van der Waals surface area contributed by atoms with Crippen molar-refractivity contribution >= 4 is 28.3 Å². The van der Waals surface area contributed by atoms with Gasteiger partial charge in [0.15, 0.2) is 0 Å². The molecule has 0 aliphatic heterocycles. The Balaban J connectivity index is 1.66. The summed E-state index contributed by atoms with van der Waals surface area (Å²) in [6, 6.07) is 7.68. The van der Waals surface area contributed by atoms with Crippen LogP contribution >= 0.6 is 11.3 Å². The van der Waals surface area contributed by atoms with Crippen LogP contribution < -0.4 is 5.32 Å². The van der Waals surface area contributed by atoms with Crippen LogP contribution in [0.2, 0.25) is 0 Å². The van der Waals surface area contributed by atoms with Gasteiger partial charge in [-0.1, -0.05) is 39.8 Å². The molecule has 2 aromatic heterocycles. The number of thiazole rings is 1. The van der Waals surface area contributed by atoms with Crippen LogP contribution in [0.3, 0.4) is 0 Å². The molecule has 1 aromatic carbocycles. The second-order valence-corrected chi connectivity index (χ2v) is 8.78. The lowest BCUT2D eigenvalue weighted by Crippen LogP contribution is -2.33. The van der Waals surface area contributed by atoms with Gasteiger partial charge in [-0.2, -0.15) is 0 Å². The minimum Gasteiger partial charge on any atom is -0.354 e. The van der Waals surface area contributed by atoms with Crippen LogP contribution in [-0.2, 0) is 23.1 Å². The molecule has 0 fully saturated rings. The summed E-state index contributed by atoms with van der Waals surface area (Å²) >= 11 is 1.66. The van der Waals surface area contributed by atoms with Gasteiger partial charge >= 0.3 is 0 Å². The normalized spacial score (nSPS) is 13.1. The number of imidazole rings is 1. The summed E-state index contributed by atoms with van der Waals surface area (Å²) < 4.78 is 2.05. The third-order valence-corrected chi connectivity index (χ3v) is 5.62. The number of para-hydroxylation sites is 2. The molecule has 0 radical (unpaired) electrons. The number of hydrogen-bond acceptors (Lipinski definition) is 4. The van der Waals surface area contributed by atoms with E-state index in [1.807, 2.05) is 35.8 Å². The molecule has 2 heterocycles. The Morgan fingerprint density at radius 3 is 2.67 bits per heavy atom. The Labute approximate surface area is 164 Å². The van der Waals surface area contributed by atoms with Gasteiger partial charge in [-0.25, -0.2) is 9.97 Å². The van der Waals surface area contributed by atoms with Crippen molar-refractivity contribution in [1.29, 1.82) is 0 Å². The lowest BCUT2D eigenvalue weighted by molar-refractivity contribution is -0.123. The van der Waals surface area contributed by atoms with Crippen molar-refractivity contribution in [2.75, 3.05) is 6.54 Å². The van der Waals surface area contributed by atoms with Crippen molar-refractivity contribution in [3.05, 3.63) is 46.2 Å². The largest absolute Gasteiger partial charge is 0.354 e. The molecule has 1 N–H and O–H groups in total. The van der Waals surface area contributed by atoms with E-state index in [4.69, 9.17) is 4.98 Å². The Morgan fingerprint density at radius 1 is 1.26 bits per heavy atom. The van der Waals surface area contributed by atoms with Crippen LogP contribution in [0.1, 0.15) is 57.2 Å². The molecule has 5 nitrogen and oxygen atoms in total. The molecule has 1 atom stereocenters. The molecule has 3 aromatic rings. The van der Waals surface area contributed by atoms with Crippen molar-refractivity contribution in [2.45, 2.75) is 58.9 Å². The molecule has 0 saturated carbocycles. The van der Waals surface area contributed by atoms with E-state index in [2.05, 4.69) is 43.4 Å². The Kier molecular flexibility index (Phi) is 5.65. The average molecular weight is 385 g/mol. The van der Waals surface area contributed by atoms with E-state index in [9.17, 15) is 4.79 Å². The van der Waals surface area contributed by atoms with E-state index < -0.39 is 0 Å². The van der Waals surface area contributed by atoms with Crippen LogP contribution in [0.5, 0.6) is 0 Å². The van der Waals surface area contributed by atoms with Gasteiger partial charge in [0.05, 0.1) is 21.7 Å². The first-order chi connectivity index (χ1) is 12.8. The highest BCUT2D eigenvalue weighted by Crippen LogP contribution is 2.24. The Morgan fingerprint density at radius 2 is 2.00 bits per heavy atom. The first-order valence-corrected chi connectivity index (χ1v) is 10.4. The SMILES string of the molecule is CCc1nc2ccccc2n1[C@H](C)C(=O)NCCc1nc(C(C)(C)C)cs1. The second-order valence-electron chi connectivity index (χ2n) is 7.83. The predicted octanol–water partition coefficient (Wildman–Crippen LogP) is 4.27. The number of nitrogens with zero attached hydrogens (tertiary/aromatic N) is 3. The summed E-state index contributed by atoms with van der Waals surface area (Å²) in [5.74, 6) is 0.953.